The van der Waals surface area contributed by atoms with E-state index in [1.54, 1.807) is 0 Å². The zero-order chi connectivity index (χ0) is 35.6. The second-order valence-corrected chi connectivity index (χ2v) is 14.7. The fraction of sp³-hybridized carbons (Fsp3) is 0. The van der Waals surface area contributed by atoms with E-state index in [1.807, 2.05) is 29.5 Å². The first kappa shape index (κ1) is 30.7. The van der Waals surface area contributed by atoms with Crippen molar-refractivity contribution in [2.75, 3.05) is 0 Å². The molecule has 252 valence electrons. The predicted molar refractivity (Wildman–Crippen MR) is 226 cm³/mol. The fourth-order valence-electron chi connectivity index (χ4n) is 7.88. The number of para-hydroxylation sites is 1. The van der Waals surface area contributed by atoms with Crippen molar-refractivity contribution in [3.63, 3.8) is 0 Å². The van der Waals surface area contributed by atoms with Gasteiger partial charge in [0.25, 0.3) is 0 Å². The Kier molecular flexibility index (Phi) is 7.00. The quantitative estimate of drug-likeness (QED) is 0.179. The summed E-state index contributed by atoms with van der Waals surface area (Å²) in [5, 5.41) is 7.44. The molecule has 0 saturated carbocycles. The summed E-state index contributed by atoms with van der Waals surface area (Å²) in [5.74, 6) is 1.94. The van der Waals surface area contributed by atoms with E-state index in [4.69, 9.17) is 15.0 Å². The van der Waals surface area contributed by atoms with Crippen molar-refractivity contribution in [2.24, 2.45) is 0 Å². The molecule has 0 N–H and O–H groups in total. The topological polar surface area (TPSA) is 43.6 Å². The fourth-order valence-corrected chi connectivity index (χ4v) is 8.96. The molecule has 0 amide bonds. The van der Waals surface area contributed by atoms with Gasteiger partial charge in [0.05, 0.1) is 11.0 Å². The monoisotopic (exact) mass is 706 g/mol. The highest BCUT2D eigenvalue weighted by Gasteiger charge is 2.17. The number of hydrogen-bond acceptors (Lipinski definition) is 4. The van der Waals surface area contributed by atoms with Crippen molar-refractivity contribution < 1.29 is 0 Å². The van der Waals surface area contributed by atoms with Gasteiger partial charge in [-0.25, -0.2) is 15.0 Å². The molecule has 0 aliphatic rings. The molecule has 0 aliphatic heterocycles. The van der Waals surface area contributed by atoms with E-state index in [2.05, 4.69) is 168 Å². The van der Waals surface area contributed by atoms with Gasteiger partial charge in [-0.15, -0.1) is 11.3 Å². The molecule has 0 radical (unpaired) electrons. The molecule has 0 unspecified atom stereocenters. The molecule has 0 fully saturated rings. The van der Waals surface area contributed by atoms with Crippen LogP contribution in [0.5, 0.6) is 0 Å². The molecule has 0 bridgehead atoms. The maximum absolute atomic E-state index is 5.14. The van der Waals surface area contributed by atoms with E-state index in [1.165, 1.54) is 52.8 Å². The van der Waals surface area contributed by atoms with Crippen molar-refractivity contribution in [1.82, 2.24) is 19.5 Å². The zero-order valence-corrected chi connectivity index (χ0v) is 29.8. The van der Waals surface area contributed by atoms with Crippen molar-refractivity contribution >= 4 is 64.1 Å². The van der Waals surface area contributed by atoms with E-state index in [0.29, 0.717) is 17.5 Å². The number of benzene rings is 8. The van der Waals surface area contributed by atoms with Crippen LogP contribution in [0.3, 0.4) is 0 Å². The summed E-state index contributed by atoms with van der Waals surface area (Å²) in [6, 6.07) is 64.5. The molecule has 5 heteroatoms. The normalized spacial score (nSPS) is 11.7. The van der Waals surface area contributed by atoms with Gasteiger partial charge < -0.3 is 4.57 Å². The molecule has 3 heterocycles. The molecular weight excluding hydrogens is 677 g/mol. The number of nitrogens with zero attached hydrogens (tertiary/aromatic N) is 4. The van der Waals surface area contributed by atoms with Crippen LogP contribution in [-0.2, 0) is 0 Å². The van der Waals surface area contributed by atoms with Gasteiger partial charge in [0, 0.05) is 58.7 Å². The van der Waals surface area contributed by atoms with Crippen LogP contribution in [0.2, 0.25) is 0 Å². The second-order valence-electron chi connectivity index (χ2n) is 13.6. The van der Waals surface area contributed by atoms with E-state index < -0.39 is 0 Å². The van der Waals surface area contributed by atoms with Gasteiger partial charge >= 0.3 is 0 Å². The standard InChI is InChI=1S/C49H30N4S/c1-2-13-32(14-3-1)47-50-48(52-49(51-47)36-25-27-45-42(30-36)40-21-7-9-23-44(40)54-45)35-17-10-15-33(28-35)34-16-11-18-37(29-34)53-43-22-8-6-20-39(43)41-26-24-31-12-4-5-19-38(31)46(41)53/h1-30H. The Bertz CT molecular complexity index is 3230. The summed E-state index contributed by atoms with van der Waals surface area (Å²) >= 11 is 1.81. The van der Waals surface area contributed by atoms with Crippen molar-refractivity contribution in [3.05, 3.63) is 182 Å². The van der Waals surface area contributed by atoms with Crippen LogP contribution >= 0.6 is 11.3 Å². The lowest BCUT2D eigenvalue weighted by Crippen LogP contribution is -2.00. The first-order valence-corrected chi connectivity index (χ1v) is 18.9. The Labute approximate surface area is 315 Å². The predicted octanol–water partition coefficient (Wildman–Crippen LogP) is 13.2. The molecule has 4 nitrogen and oxygen atoms in total. The summed E-state index contributed by atoms with van der Waals surface area (Å²) in [7, 11) is 0. The summed E-state index contributed by atoms with van der Waals surface area (Å²) < 4.78 is 4.94. The van der Waals surface area contributed by atoms with Gasteiger partial charge in [-0.05, 0) is 65.0 Å². The molecule has 11 aromatic rings. The highest BCUT2D eigenvalue weighted by Crippen LogP contribution is 2.39. The molecule has 0 saturated heterocycles. The SMILES string of the molecule is c1ccc(-c2nc(-c3cccc(-c4cccc(-n5c6ccccc6c6ccc7ccccc7c65)c4)c3)nc(-c3ccc4sc5ccccc5c4c3)n2)cc1. The lowest BCUT2D eigenvalue weighted by Gasteiger charge is -2.13. The summed E-state index contributed by atoms with van der Waals surface area (Å²) in [6.45, 7) is 0. The van der Waals surface area contributed by atoms with Crippen LogP contribution in [0.1, 0.15) is 0 Å². The molecule has 8 aromatic carbocycles. The molecule has 3 aromatic heterocycles. The van der Waals surface area contributed by atoms with Gasteiger partial charge in [0.1, 0.15) is 0 Å². The average Bonchev–Trinajstić information content (AvgIpc) is 3.80. The van der Waals surface area contributed by atoms with Crippen LogP contribution in [0.15, 0.2) is 182 Å². The Morgan fingerprint density at radius 3 is 1.81 bits per heavy atom. The van der Waals surface area contributed by atoms with Gasteiger partial charge in [0.2, 0.25) is 0 Å². The van der Waals surface area contributed by atoms with Crippen molar-refractivity contribution in [1.29, 1.82) is 0 Å². The number of thiophene rings is 1. The summed E-state index contributed by atoms with van der Waals surface area (Å²) in [5.41, 5.74) is 8.59. The molecular formula is C49H30N4S. The van der Waals surface area contributed by atoms with Crippen molar-refractivity contribution in [3.8, 4) is 51.0 Å². The third-order valence-corrected chi connectivity index (χ3v) is 11.6. The molecule has 54 heavy (non-hydrogen) atoms. The Morgan fingerprint density at radius 2 is 0.963 bits per heavy atom. The minimum absolute atomic E-state index is 0.640. The third kappa shape index (κ3) is 5.01. The second kappa shape index (κ2) is 12.3. The Morgan fingerprint density at radius 1 is 0.352 bits per heavy atom. The highest BCUT2D eigenvalue weighted by molar-refractivity contribution is 7.25. The average molecular weight is 707 g/mol. The summed E-state index contributed by atoms with van der Waals surface area (Å²) in [4.78, 5) is 15.2. The van der Waals surface area contributed by atoms with E-state index >= 15 is 0 Å². The smallest absolute Gasteiger partial charge is 0.164 e. The lowest BCUT2D eigenvalue weighted by atomic mass is 10.0. The van der Waals surface area contributed by atoms with Crippen LogP contribution in [-0.4, -0.2) is 19.5 Å². The molecule has 0 aliphatic carbocycles. The van der Waals surface area contributed by atoms with Crippen molar-refractivity contribution in [2.45, 2.75) is 0 Å². The highest BCUT2D eigenvalue weighted by atomic mass is 32.1. The number of hydrogen-bond donors (Lipinski definition) is 0. The first-order valence-electron chi connectivity index (χ1n) is 18.1. The zero-order valence-electron chi connectivity index (χ0n) is 29.0. The third-order valence-electron chi connectivity index (χ3n) is 10.4. The van der Waals surface area contributed by atoms with E-state index in [0.717, 1.165) is 33.5 Å². The molecule has 0 spiro atoms. The van der Waals surface area contributed by atoms with Crippen LogP contribution in [0.25, 0.3) is 104 Å². The number of fused-ring (bicyclic) bond motifs is 8. The maximum atomic E-state index is 5.14. The van der Waals surface area contributed by atoms with Gasteiger partial charge in [-0.1, -0.05) is 133 Å². The van der Waals surface area contributed by atoms with Crippen LogP contribution in [0.4, 0.5) is 0 Å². The van der Waals surface area contributed by atoms with E-state index in [-0.39, 0.29) is 0 Å². The summed E-state index contributed by atoms with van der Waals surface area (Å²) in [6.07, 6.45) is 0. The number of aromatic nitrogens is 4. The lowest BCUT2D eigenvalue weighted by molar-refractivity contribution is 1.07. The molecule has 11 rings (SSSR count). The van der Waals surface area contributed by atoms with Gasteiger partial charge in [-0.3, -0.25) is 0 Å². The maximum Gasteiger partial charge on any atom is 0.164 e. The largest absolute Gasteiger partial charge is 0.309 e. The Hall–Kier alpha value is -6.95. The van der Waals surface area contributed by atoms with Crippen LogP contribution in [0, 0.1) is 0 Å². The molecule has 0 atom stereocenters. The van der Waals surface area contributed by atoms with Gasteiger partial charge in [0.15, 0.2) is 17.5 Å². The first-order chi connectivity index (χ1) is 26.7. The number of rotatable bonds is 5. The van der Waals surface area contributed by atoms with Gasteiger partial charge in [-0.2, -0.15) is 0 Å². The Balaban J connectivity index is 1.06. The van der Waals surface area contributed by atoms with Crippen LogP contribution < -0.4 is 0 Å². The minimum atomic E-state index is 0.640. The minimum Gasteiger partial charge on any atom is -0.309 e. The van der Waals surface area contributed by atoms with E-state index in [9.17, 15) is 0 Å².